The lowest BCUT2D eigenvalue weighted by Gasteiger charge is -2.26. The molecule has 0 aromatic heterocycles. The van der Waals surface area contributed by atoms with Crippen LogP contribution in [0.1, 0.15) is 30.9 Å². The Hall–Kier alpha value is -1.08. The molecular weight excluding hydrogens is 194 g/mol. The van der Waals surface area contributed by atoms with Crippen LogP contribution >= 0.6 is 0 Å². The Bertz CT molecular complexity index is 373. The summed E-state index contributed by atoms with van der Waals surface area (Å²) < 4.78 is 0. The van der Waals surface area contributed by atoms with E-state index in [2.05, 4.69) is 49.5 Å². The Kier molecular flexibility index (Phi) is 3.79. The van der Waals surface area contributed by atoms with Gasteiger partial charge in [0.25, 0.3) is 0 Å². The van der Waals surface area contributed by atoms with Gasteiger partial charge in [0.05, 0.1) is 0 Å². The van der Waals surface area contributed by atoms with E-state index < -0.39 is 0 Å². The van der Waals surface area contributed by atoms with Crippen molar-refractivity contribution in [2.45, 2.75) is 26.7 Å². The van der Waals surface area contributed by atoms with Gasteiger partial charge >= 0.3 is 0 Å². The van der Waals surface area contributed by atoms with Gasteiger partial charge in [0, 0.05) is 0 Å². The van der Waals surface area contributed by atoms with E-state index in [1.54, 1.807) is 5.57 Å². The largest absolute Gasteiger partial charge is 0.317 e. The Balaban J connectivity index is 2.26. The zero-order chi connectivity index (χ0) is 11.4. The summed E-state index contributed by atoms with van der Waals surface area (Å²) in [6.07, 6.45) is 4.85. The third-order valence-corrected chi connectivity index (χ3v) is 3.55. The molecule has 1 heterocycles. The molecule has 86 valence electrons. The van der Waals surface area contributed by atoms with Gasteiger partial charge in [-0.1, -0.05) is 30.3 Å². The molecular formula is C15H21N. The lowest BCUT2D eigenvalue weighted by Crippen LogP contribution is -2.28. The molecule has 2 rings (SSSR count). The maximum Gasteiger partial charge on any atom is -0.00431 e. The second kappa shape index (κ2) is 5.31. The highest BCUT2D eigenvalue weighted by atomic mass is 14.9. The average Bonchev–Trinajstić information content (AvgIpc) is 2.34. The van der Waals surface area contributed by atoms with Crippen LogP contribution in [-0.4, -0.2) is 13.1 Å². The van der Waals surface area contributed by atoms with Crippen molar-refractivity contribution in [3.63, 3.8) is 0 Å². The molecule has 0 amide bonds. The second-order valence-corrected chi connectivity index (χ2v) is 4.58. The summed E-state index contributed by atoms with van der Waals surface area (Å²) >= 11 is 0. The van der Waals surface area contributed by atoms with Gasteiger partial charge in [-0.3, -0.25) is 0 Å². The van der Waals surface area contributed by atoms with Crippen molar-refractivity contribution in [1.29, 1.82) is 0 Å². The summed E-state index contributed by atoms with van der Waals surface area (Å²) in [7, 11) is 0. The molecule has 1 saturated heterocycles. The van der Waals surface area contributed by atoms with Gasteiger partial charge in [0.2, 0.25) is 0 Å². The first-order valence-corrected chi connectivity index (χ1v) is 6.26. The van der Waals surface area contributed by atoms with E-state index in [0.29, 0.717) is 0 Å². The number of benzene rings is 1. The lowest BCUT2D eigenvalue weighted by molar-refractivity contribution is 0.446. The van der Waals surface area contributed by atoms with Crippen molar-refractivity contribution in [3.8, 4) is 0 Å². The molecule has 0 atom stereocenters. The van der Waals surface area contributed by atoms with E-state index in [0.717, 1.165) is 19.0 Å². The monoisotopic (exact) mass is 215 g/mol. The smallest absolute Gasteiger partial charge is 0.00431 e. The molecule has 1 aliphatic rings. The van der Waals surface area contributed by atoms with Crippen LogP contribution < -0.4 is 5.32 Å². The first kappa shape index (κ1) is 11.4. The minimum Gasteiger partial charge on any atom is -0.317 e. The fourth-order valence-electron chi connectivity index (χ4n) is 2.64. The van der Waals surface area contributed by atoms with Crippen molar-refractivity contribution in [1.82, 2.24) is 5.32 Å². The highest BCUT2D eigenvalue weighted by Gasteiger charge is 2.18. The Morgan fingerprint density at radius 1 is 1.25 bits per heavy atom. The fraction of sp³-hybridized carbons (Fsp3) is 0.467. The molecule has 1 nitrogen and oxygen atoms in total. The van der Waals surface area contributed by atoms with Crippen molar-refractivity contribution in [2.24, 2.45) is 5.92 Å². The van der Waals surface area contributed by atoms with E-state index in [1.807, 2.05) is 0 Å². The first-order valence-electron chi connectivity index (χ1n) is 6.26. The van der Waals surface area contributed by atoms with Crippen molar-refractivity contribution < 1.29 is 0 Å². The van der Waals surface area contributed by atoms with Crippen molar-refractivity contribution in [3.05, 3.63) is 41.5 Å². The van der Waals surface area contributed by atoms with E-state index in [9.17, 15) is 0 Å². The van der Waals surface area contributed by atoms with Crippen LogP contribution in [0.2, 0.25) is 0 Å². The third-order valence-electron chi connectivity index (χ3n) is 3.55. The van der Waals surface area contributed by atoms with Gasteiger partial charge in [0.15, 0.2) is 0 Å². The van der Waals surface area contributed by atoms with Gasteiger partial charge in [0.1, 0.15) is 0 Å². The number of nitrogens with one attached hydrogen (secondary N) is 1. The minimum atomic E-state index is 0.743. The molecule has 16 heavy (non-hydrogen) atoms. The number of aryl methyl sites for hydroxylation is 1. The Morgan fingerprint density at radius 2 is 1.94 bits per heavy atom. The highest BCUT2D eigenvalue weighted by Crippen LogP contribution is 2.31. The minimum absolute atomic E-state index is 0.743. The maximum absolute atomic E-state index is 3.43. The van der Waals surface area contributed by atoms with Crippen LogP contribution in [0, 0.1) is 12.8 Å². The first-order chi connectivity index (χ1) is 7.83. The topological polar surface area (TPSA) is 12.0 Å². The molecule has 0 bridgehead atoms. The summed E-state index contributed by atoms with van der Waals surface area (Å²) in [6.45, 7) is 6.70. The molecule has 0 unspecified atom stereocenters. The quantitative estimate of drug-likeness (QED) is 0.797. The van der Waals surface area contributed by atoms with Gasteiger partial charge in [-0.2, -0.15) is 0 Å². The van der Waals surface area contributed by atoms with Crippen LogP contribution in [0.5, 0.6) is 0 Å². The summed E-state index contributed by atoms with van der Waals surface area (Å²) in [4.78, 5) is 0. The normalized spacial score (nSPS) is 18.8. The van der Waals surface area contributed by atoms with E-state index >= 15 is 0 Å². The van der Waals surface area contributed by atoms with Crippen LogP contribution in [-0.2, 0) is 0 Å². The number of hydrogen-bond donors (Lipinski definition) is 1. The van der Waals surface area contributed by atoms with Gasteiger partial charge in [-0.25, -0.2) is 0 Å². The molecule has 1 N–H and O–H groups in total. The maximum atomic E-state index is 3.43. The zero-order valence-corrected chi connectivity index (χ0v) is 10.3. The molecule has 1 aromatic rings. The molecule has 0 spiro atoms. The standard InChI is InChI=1S/C15H21N/c1-3-14(13-8-10-16-11-9-13)15-7-5-4-6-12(15)2/h3-7,13,16H,8-11H2,1-2H3/b14-3-. The van der Waals surface area contributed by atoms with E-state index in [1.165, 1.54) is 24.0 Å². The summed E-state index contributed by atoms with van der Waals surface area (Å²) in [5.41, 5.74) is 4.38. The fourth-order valence-corrected chi connectivity index (χ4v) is 2.64. The number of piperidine rings is 1. The van der Waals surface area contributed by atoms with Crippen molar-refractivity contribution >= 4 is 5.57 Å². The van der Waals surface area contributed by atoms with Gasteiger partial charge < -0.3 is 5.32 Å². The Morgan fingerprint density at radius 3 is 2.56 bits per heavy atom. The van der Waals surface area contributed by atoms with Crippen molar-refractivity contribution in [2.75, 3.05) is 13.1 Å². The second-order valence-electron chi connectivity index (χ2n) is 4.58. The molecule has 1 fully saturated rings. The predicted molar refractivity (Wildman–Crippen MR) is 70.4 cm³/mol. The summed E-state index contributed by atoms with van der Waals surface area (Å²) in [6, 6.07) is 8.73. The van der Waals surface area contributed by atoms with Crippen LogP contribution in [0.4, 0.5) is 0 Å². The molecule has 1 aromatic carbocycles. The average molecular weight is 215 g/mol. The molecule has 0 radical (unpaired) electrons. The SMILES string of the molecule is C/C=C(\c1ccccc1C)C1CCNCC1. The third kappa shape index (κ3) is 2.35. The van der Waals surface area contributed by atoms with Crippen LogP contribution in [0.3, 0.4) is 0 Å². The number of hydrogen-bond acceptors (Lipinski definition) is 1. The predicted octanol–water partition coefficient (Wildman–Crippen LogP) is 3.40. The van der Waals surface area contributed by atoms with Crippen LogP contribution in [0.15, 0.2) is 30.3 Å². The molecule has 0 aliphatic carbocycles. The summed E-state index contributed by atoms with van der Waals surface area (Å²) in [5, 5.41) is 3.43. The van der Waals surface area contributed by atoms with E-state index in [4.69, 9.17) is 0 Å². The van der Waals surface area contributed by atoms with Gasteiger partial charge in [-0.05, 0) is 62.4 Å². The summed E-state index contributed by atoms with van der Waals surface area (Å²) in [5.74, 6) is 0.743. The van der Waals surface area contributed by atoms with Gasteiger partial charge in [-0.15, -0.1) is 0 Å². The Labute approximate surface area is 98.6 Å². The number of allylic oxidation sites excluding steroid dienone is 2. The molecule has 1 heteroatoms. The molecule has 0 saturated carbocycles. The van der Waals surface area contributed by atoms with E-state index in [-0.39, 0.29) is 0 Å². The molecule has 1 aliphatic heterocycles. The highest BCUT2D eigenvalue weighted by molar-refractivity contribution is 5.69. The van der Waals surface area contributed by atoms with Crippen LogP contribution in [0.25, 0.3) is 5.57 Å². The lowest BCUT2D eigenvalue weighted by atomic mass is 9.84. The number of rotatable bonds is 2. The zero-order valence-electron chi connectivity index (χ0n) is 10.3.